The Hall–Kier alpha value is -0.890. The molecule has 0 bridgehead atoms. The van der Waals surface area contributed by atoms with Crippen LogP contribution in [0.5, 0.6) is 0 Å². The van der Waals surface area contributed by atoms with E-state index in [0.717, 1.165) is 17.3 Å². The highest BCUT2D eigenvalue weighted by Gasteiger charge is 2.30. The van der Waals surface area contributed by atoms with Crippen LogP contribution in [0.2, 0.25) is 5.02 Å². The monoisotopic (exact) mass is 238 g/mol. The molecule has 1 aromatic rings. The number of hydrogen-bond acceptors (Lipinski definition) is 2. The summed E-state index contributed by atoms with van der Waals surface area (Å²) in [4.78, 5) is 2.42. The third-order valence-corrected chi connectivity index (χ3v) is 3.17. The Morgan fingerprint density at radius 1 is 1.38 bits per heavy atom. The highest BCUT2D eigenvalue weighted by atomic mass is 35.5. The zero-order chi connectivity index (χ0) is 11.9. The molecule has 1 aliphatic rings. The summed E-state index contributed by atoms with van der Waals surface area (Å²) in [5.41, 5.74) is 2.47. The van der Waals surface area contributed by atoms with E-state index in [-0.39, 0.29) is 5.54 Å². The molecule has 16 heavy (non-hydrogen) atoms. The summed E-state index contributed by atoms with van der Waals surface area (Å²) in [6.45, 7) is 9.89. The van der Waals surface area contributed by atoms with Crippen LogP contribution in [0.3, 0.4) is 0 Å². The fourth-order valence-electron chi connectivity index (χ4n) is 2.23. The van der Waals surface area contributed by atoms with Crippen LogP contribution in [-0.2, 0) is 0 Å². The van der Waals surface area contributed by atoms with E-state index in [1.54, 1.807) is 0 Å². The number of nitrogens with zero attached hydrogens (tertiary/aromatic N) is 1. The van der Waals surface area contributed by atoms with E-state index in [4.69, 9.17) is 11.6 Å². The molecule has 88 valence electrons. The van der Waals surface area contributed by atoms with Crippen LogP contribution >= 0.6 is 11.6 Å². The molecule has 0 spiro atoms. The van der Waals surface area contributed by atoms with E-state index in [9.17, 15) is 0 Å². The Labute approximate surface area is 103 Å². The summed E-state index contributed by atoms with van der Waals surface area (Å²) in [6, 6.07) is 6.56. The normalized spacial score (nSPS) is 18.2. The molecule has 1 heterocycles. The van der Waals surface area contributed by atoms with Crippen LogP contribution in [0.4, 0.5) is 11.4 Å². The fraction of sp³-hybridized carbons (Fsp3) is 0.538. The van der Waals surface area contributed by atoms with Crippen LogP contribution in [0, 0.1) is 0 Å². The van der Waals surface area contributed by atoms with Crippen molar-refractivity contribution in [2.45, 2.75) is 39.3 Å². The van der Waals surface area contributed by atoms with E-state index < -0.39 is 0 Å². The van der Waals surface area contributed by atoms with Gasteiger partial charge in [0.25, 0.3) is 0 Å². The SMILES string of the molecule is CC(C)N1CC(C)(C)Nc2cc(Cl)ccc21. The highest BCUT2D eigenvalue weighted by molar-refractivity contribution is 6.31. The van der Waals surface area contributed by atoms with Gasteiger partial charge >= 0.3 is 0 Å². The van der Waals surface area contributed by atoms with E-state index in [1.165, 1.54) is 5.69 Å². The Kier molecular flexibility index (Phi) is 2.79. The van der Waals surface area contributed by atoms with Gasteiger partial charge in [-0.2, -0.15) is 0 Å². The lowest BCUT2D eigenvalue weighted by Crippen LogP contribution is -2.50. The molecule has 2 rings (SSSR count). The van der Waals surface area contributed by atoms with Gasteiger partial charge < -0.3 is 10.2 Å². The maximum atomic E-state index is 6.04. The van der Waals surface area contributed by atoms with Crippen LogP contribution in [0.1, 0.15) is 27.7 Å². The van der Waals surface area contributed by atoms with Gasteiger partial charge in [0.15, 0.2) is 0 Å². The zero-order valence-electron chi connectivity index (χ0n) is 10.3. The van der Waals surface area contributed by atoms with Gasteiger partial charge in [-0.1, -0.05) is 11.6 Å². The molecule has 1 aromatic carbocycles. The van der Waals surface area contributed by atoms with Crippen molar-refractivity contribution in [3.05, 3.63) is 23.2 Å². The highest BCUT2D eigenvalue weighted by Crippen LogP contribution is 2.37. The number of benzene rings is 1. The van der Waals surface area contributed by atoms with Crippen molar-refractivity contribution >= 4 is 23.0 Å². The molecular formula is C13H19ClN2. The number of rotatable bonds is 1. The van der Waals surface area contributed by atoms with Gasteiger partial charge in [0.05, 0.1) is 11.4 Å². The van der Waals surface area contributed by atoms with E-state index in [0.29, 0.717) is 6.04 Å². The van der Waals surface area contributed by atoms with Crippen molar-refractivity contribution in [2.75, 3.05) is 16.8 Å². The van der Waals surface area contributed by atoms with Gasteiger partial charge in [-0.05, 0) is 45.9 Å². The summed E-state index contributed by atoms with van der Waals surface area (Å²) in [6.07, 6.45) is 0. The largest absolute Gasteiger partial charge is 0.377 e. The number of anilines is 2. The molecule has 1 aliphatic heterocycles. The lowest BCUT2D eigenvalue weighted by Gasteiger charge is -2.44. The third-order valence-electron chi connectivity index (χ3n) is 2.93. The third kappa shape index (κ3) is 2.12. The molecule has 0 atom stereocenters. The Morgan fingerprint density at radius 3 is 2.69 bits per heavy atom. The van der Waals surface area contributed by atoms with Crippen molar-refractivity contribution in [2.24, 2.45) is 0 Å². The molecule has 3 heteroatoms. The van der Waals surface area contributed by atoms with Gasteiger partial charge in [0.2, 0.25) is 0 Å². The molecule has 0 aliphatic carbocycles. The van der Waals surface area contributed by atoms with Gasteiger partial charge in [0, 0.05) is 23.1 Å². The predicted octanol–water partition coefficient (Wildman–Crippen LogP) is 3.76. The first-order valence-corrected chi connectivity index (χ1v) is 6.11. The molecule has 0 amide bonds. The number of fused-ring (bicyclic) bond motifs is 1. The average Bonchev–Trinajstić information content (AvgIpc) is 2.14. The van der Waals surface area contributed by atoms with Crippen LogP contribution in [0.15, 0.2) is 18.2 Å². The summed E-state index contributed by atoms with van der Waals surface area (Å²) in [7, 11) is 0. The van der Waals surface area contributed by atoms with Crippen molar-refractivity contribution in [1.29, 1.82) is 0 Å². The molecule has 2 nitrogen and oxygen atoms in total. The van der Waals surface area contributed by atoms with Gasteiger partial charge in [-0.3, -0.25) is 0 Å². The zero-order valence-corrected chi connectivity index (χ0v) is 11.1. The second-order valence-electron chi connectivity index (χ2n) is 5.39. The quantitative estimate of drug-likeness (QED) is 0.802. The minimum atomic E-state index is 0.0853. The topological polar surface area (TPSA) is 15.3 Å². The maximum Gasteiger partial charge on any atom is 0.0606 e. The number of nitrogens with one attached hydrogen (secondary N) is 1. The van der Waals surface area contributed by atoms with Crippen LogP contribution < -0.4 is 10.2 Å². The Morgan fingerprint density at radius 2 is 2.06 bits per heavy atom. The van der Waals surface area contributed by atoms with Gasteiger partial charge in [-0.15, -0.1) is 0 Å². The molecule has 0 radical (unpaired) electrons. The lowest BCUT2D eigenvalue weighted by molar-refractivity contribution is 0.507. The second-order valence-corrected chi connectivity index (χ2v) is 5.83. The van der Waals surface area contributed by atoms with Gasteiger partial charge in [-0.25, -0.2) is 0 Å². The summed E-state index contributed by atoms with van der Waals surface area (Å²) in [5, 5.41) is 4.32. The molecular weight excluding hydrogens is 220 g/mol. The standard InChI is InChI=1S/C13H19ClN2/c1-9(2)16-8-13(3,4)15-11-7-10(14)5-6-12(11)16/h5-7,9,15H,8H2,1-4H3. The van der Waals surface area contributed by atoms with Gasteiger partial charge in [0.1, 0.15) is 0 Å². The molecule has 0 saturated carbocycles. The summed E-state index contributed by atoms with van der Waals surface area (Å²) in [5.74, 6) is 0. The Bertz CT molecular complexity index is 399. The molecule has 0 saturated heterocycles. The van der Waals surface area contributed by atoms with E-state index >= 15 is 0 Å². The fourth-order valence-corrected chi connectivity index (χ4v) is 2.41. The average molecular weight is 239 g/mol. The van der Waals surface area contributed by atoms with Crippen molar-refractivity contribution in [3.63, 3.8) is 0 Å². The predicted molar refractivity (Wildman–Crippen MR) is 71.6 cm³/mol. The second kappa shape index (κ2) is 3.85. The first-order valence-electron chi connectivity index (χ1n) is 5.73. The van der Waals surface area contributed by atoms with Crippen molar-refractivity contribution in [3.8, 4) is 0 Å². The maximum absolute atomic E-state index is 6.04. The van der Waals surface area contributed by atoms with Crippen LogP contribution in [-0.4, -0.2) is 18.1 Å². The summed E-state index contributed by atoms with van der Waals surface area (Å²) >= 11 is 6.04. The molecule has 1 N–H and O–H groups in total. The first-order chi connectivity index (χ1) is 7.39. The van der Waals surface area contributed by atoms with Crippen LogP contribution in [0.25, 0.3) is 0 Å². The van der Waals surface area contributed by atoms with Crippen molar-refractivity contribution in [1.82, 2.24) is 0 Å². The minimum Gasteiger partial charge on any atom is -0.377 e. The molecule has 0 fully saturated rings. The summed E-state index contributed by atoms with van der Waals surface area (Å²) < 4.78 is 0. The minimum absolute atomic E-state index is 0.0853. The molecule has 0 aromatic heterocycles. The number of halogens is 1. The number of hydrogen-bond donors (Lipinski definition) is 1. The Balaban J connectivity index is 2.47. The van der Waals surface area contributed by atoms with E-state index in [1.807, 2.05) is 12.1 Å². The van der Waals surface area contributed by atoms with E-state index in [2.05, 4.69) is 44.0 Å². The first kappa shape index (κ1) is 11.6. The van der Waals surface area contributed by atoms with Crippen molar-refractivity contribution < 1.29 is 0 Å². The lowest BCUT2D eigenvalue weighted by atomic mass is 9.98. The smallest absolute Gasteiger partial charge is 0.0606 e. The molecule has 0 unspecified atom stereocenters.